The van der Waals surface area contributed by atoms with E-state index in [-0.39, 0.29) is 0 Å². The Balaban J connectivity index is 2.96. The molecule has 0 rings (SSSR count). The Kier molecular flexibility index (Phi) is 26.9. The van der Waals surface area contributed by atoms with Crippen molar-refractivity contribution in [3.63, 3.8) is 0 Å². The van der Waals surface area contributed by atoms with E-state index < -0.39 is 0 Å². The predicted molar refractivity (Wildman–Crippen MR) is 128 cm³/mol. The molecule has 1 nitrogen and oxygen atoms in total. The molecule has 0 saturated heterocycles. The molecule has 0 aliphatic heterocycles. The van der Waals surface area contributed by atoms with Gasteiger partial charge in [0.25, 0.3) is 0 Å². The summed E-state index contributed by atoms with van der Waals surface area (Å²) in [5.41, 5.74) is 0. The molecule has 0 amide bonds. The topological polar surface area (TPSA) is 9.23 Å². The highest BCUT2D eigenvalue weighted by molar-refractivity contribution is 4.51. The van der Waals surface area contributed by atoms with E-state index in [1.165, 1.54) is 148 Å². The molecule has 0 spiro atoms. The number of hydrogen-bond acceptors (Lipinski definition) is 1. The number of rotatable bonds is 25. The third-order valence-corrected chi connectivity index (χ3v) is 6.03. The van der Waals surface area contributed by atoms with Crippen LogP contribution in [0.4, 0.5) is 0 Å². The summed E-state index contributed by atoms with van der Waals surface area (Å²) in [5, 5.41) is 0. The maximum atomic E-state index is 5.61. The van der Waals surface area contributed by atoms with Gasteiger partial charge in [0.15, 0.2) is 0 Å². The molecular formula is C27H56O. The maximum absolute atomic E-state index is 5.61. The van der Waals surface area contributed by atoms with Crippen LogP contribution >= 0.6 is 0 Å². The molecule has 170 valence electrons. The van der Waals surface area contributed by atoms with Crippen LogP contribution in [0.15, 0.2) is 0 Å². The number of hydrogen-bond donors (Lipinski definition) is 0. The second-order valence-corrected chi connectivity index (χ2v) is 9.04. The molecule has 0 aromatic carbocycles. The van der Waals surface area contributed by atoms with E-state index in [0.29, 0.717) is 0 Å². The molecule has 1 heteroatoms. The highest BCUT2D eigenvalue weighted by Gasteiger charge is 1.96. The summed E-state index contributed by atoms with van der Waals surface area (Å²) in [6, 6.07) is 0. The van der Waals surface area contributed by atoms with Gasteiger partial charge in [-0.25, -0.2) is 0 Å². The van der Waals surface area contributed by atoms with E-state index in [2.05, 4.69) is 13.8 Å². The standard InChI is InChI=1S/C27H56O/c1-3-5-7-8-9-10-11-12-13-14-15-16-17-18-19-20-21-22-23-24-25-27-28-26-6-4-2/h3-27H2,1-2H3. The van der Waals surface area contributed by atoms with Gasteiger partial charge in [-0.15, -0.1) is 0 Å². The molecule has 0 radical (unpaired) electrons. The van der Waals surface area contributed by atoms with Crippen LogP contribution < -0.4 is 0 Å². The van der Waals surface area contributed by atoms with Crippen LogP contribution in [-0.4, -0.2) is 13.2 Å². The third-order valence-electron chi connectivity index (χ3n) is 6.03. The minimum atomic E-state index is 0.968. The van der Waals surface area contributed by atoms with Gasteiger partial charge in [0, 0.05) is 13.2 Å². The van der Waals surface area contributed by atoms with Crippen molar-refractivity contribution in [3.8, 4) is 0 Å². The molecule has 0 fully saturated rings. The second-order valence-electron chi connectivity index (χ2n) is 9.04. The minimum absolute atomic E-state index is 0.968. The first-order chi connectivity index (χ1) is 13.9. The molecule has 0 heterocycles. The fraction of sp³-hybridized carbons (Fsp3) is 1.00. The Labute approximate surface area is 179 Å². The molecule has 28 heavy (non-hydrogen) atoms. The van der Waals surface area contributed by atoms with E-state index in [4.69, 9.17) is 4.74 Å². The third kappa shape index (κ3) is 26.0. The summed E-state index contributed by atoms with van der Waals surface area (Å²) in [4.78, 5) is 0. The number of unbranched alkanes of at least 4 members (excludes halogenated alkanes) is 21. The summed E-state index contributed by atoms with van der Waals surface area (Å²) < 4.78 is 5.61. The average molecular weight is 397 g/mol. The summed E-state index contributed by atoms with van der Waals surface area (Å²) in [6.45, 7) is 6.48. The fourth-order valence-corrected chi connectivity index (χ4v) is 3.98. The quantitative estimate of drug-likeness (QED) is 0.139. The Hall–Kier alpha value is -0.0400. The van der Waals surface area contributed by atoms with Crippen molar-refractivity contribution < 1.29 is 4.74 Å². The van der Waals surface area contributed by atoms with Gasteiger partial charge in [0.05, 0.1) is 0 Å². The zero-order chi connectivity index (χ0) is 20.4. The summed E-state index contributed by atoms with van der Waals surface area (Å²) in [6.07, 6.45) is 32.9. The SMILES string of the molecule is CCCCCCCCCCCCCCCCCCCCCCCOCCCC. The van der Waals surface area contributed by atoms with Crippen molar-refractivity contribution in [2.75, 3.05) is 13.2 Å². The minimum Gasteiger partial charge on any atom is -0.381 e. The maximum Gasteiger partial charge on any atom is 0.0466 e. The lowest BCUT2D eigenvalue weighted by Crippen LogP contribution is -1.96. The van der Waals surface area contributed by atoms with Crippen molar-refractivity contribution in [2.45, 2.75) is 162 Å². The summed E-state index contributed by atoms with van der Waals surface area (Å²) in [7, 11) is 0. The molecule has 0 saturated carbocycles. The monoisotopic (exact) mass is 396 g/mol. The van der Waals surface area contributed by atoms with E-state index in [1.54, 1.807) is 0 Å². The first-order valence-corrected chi connectivity index (χ1v) is 13.5. The Morgan fingerprint density at radius 2 is 0.536 bits per heavy atom. The van der Waals surface area contributed by atoms with Crippen molar-refractivity contribution in [1.29, 1.82) is 0 Å². The van der Waals surface area contributed by atoms with Crippen molar-refractivity contribution >= 4 is 0 Å². The first-order valence-electron chi connectivity index (χ1n) is 13.5. The Morgan fingerprint density at radius 1 is 0.286 bits per heavy atom. The Bertz CT molecular complexity index is 225. The lowest BCUT2D eigenvalue weighted by atomic mass is 10.0. The van der Waals surface area contributed by atoms with Gasteiger partial charge in [-0.1, -0.05) is 149 Å². The predicted octanol–water partition coefficient (Wildman–Crippen LogP) is 10.0. The molecule has 0 aliphatic carbocycles. The molecule has 0 aromatic rings. The highest BCUT2D eigenvalue weighted by atomic mass is 16.5. The van der Waals surface area contributed by atoms with Crippen molar-refractivity contribution in [1.82, 2.24) is 0 Å². The lowest BCUT2D eigenvalue weighted by molar-refractivity contribution is 0.127. The van der Waals surface area contributed by atoms with Gasteiger partial charge in [0.1, 0.15) is 0 Å². The van der Waals surface area contributed by atoms with Crippen LogP contribution in [0, 0.1) is 0 Å². The van der Waals surface area contributed by atoms with Gasteiger partial charge in [0.2, 0.25) is 0 Å². The van der Waals surface area contributed by atoms with Gasteiger partial charge >= 0.3 is 0 Å². The largest absolute Gasteiger partial charge is 0.381 e. The molecule has 0 aromatic heterocycles. The molecule has 0 aliphatic rings. The van der Waals surface area contributed by atoms with Crippen LogP contribution in [0.2, 0.25) is 0 Å². The molecule has 0 unspecified atom stereocenters. The first kappa shape index (κ1) is 28.0. The second kappa shape index (κ2) is 27.0. The van der Waals surface area contributed by atoms with Gasteiger partial charge in [-0.3, -0.25) is 0 Å². The normalized spacial score (nSPS) is 11.4. The van der Waals surface area contributed by atoms with Gasteiger partial charge in [-0.2, -0.15) is 0 Å². The lowest BCUT2D eigenvalue weighted by Gasteiger charge is -2.04. The van der Waals surface area contributed by atoms with Gasteiger partial charge in [-0.05, 0) is 12.8 Å². The van der Waals surface area contributed by atoms with Crippen LogP contribution in [-0.2, 0) is 4.74 Å². The summed E-state index contributed by atoms with van der Waals surface area (Å²) >= 11 is 0. The van der Waals surface area contributed by atoms with Crippen molar-refractivity contribution in [2.24, 2.45) is 0 Å². The van der Waals surface area contributed by atoms with Crippen LogP contribution in [0.3, 0.4) is 0 Å². The van der Waals surface area contributed by atoms with Crippen LogP contribution in [0.25, 0.3) is 0 Å². The van der Waals surface area contributed by atoms with E-state index in [9.17, 15) is 0 Å². The van der Waals surface area contributed by atoms with Crippen molar-refractivity contribution in [3.05, 3.63) is 0 Å². The fourth-order valence-electron chi connectivity index (χ4n) is 3.98. The molecule has 0 N–H and O–H groups in total. The Morgan fingerprint density at radius 3 is 0.857 bits per heavy atom. The molecular weight excluding hydrogens is 340 g/mol. The molecule has 0 atom stereocenters. The van der Waals surface area contributed by atoms with Crippen LogP contribution in [0.5, 0.6) is 0 Å². The van der Waals surface area contributed by atoms with E-state index >= 15 is 0 Å². The highest BCUT2D eigenvalue weighted by Crippen LogP contribution is 2.15. The zero-order valence-corrected chi connectivity index (χ0v) is 20.1. The zero-order valence-electron chi connectivity index (χ0n) is 20.1. The van der Waals surface area contributed by atoms with E-state index in [1.807, 2.05) is 0 Å². The van der Waals surface area contributed by atoms with Crippen LogP contribution in [0.1, 0.15) is 162 Å². The van der Waals surface area contributed by atoms with Gasteiger partial charge < -0.3 is 4.74 Å². The smallest absolute Gasteiger partial charge is 0.0466 e. The van der Waals surface area contributed by atoms with E-state index in [0.717, 1.165) is 13.2 Å². The molecule has 0 bridgehead atoms. The summed E-state index contributed by atoms with van der Waals surface area (Å²) in [5.74, 6) is 0. The average Bonchev–Trinajstić information content (AvgIpc) is 2.71. The number of ether oxygens (including phenoxy) is 1.